The Morgan fingerprint density at radius 2 is 2.18 bits per heavy atom. The van der Waals surface area contributed by atoms with Crippen molar-refractivity contribution in [1.82, 2.24) is 4.90 Å². The molecule has 0 aromatic rings. The molecule has 0 aromatic carbocycles. The predicted molar refractivity (Wildman–Crippen MR) is 68.8 cm³/mol. The molecule has 1 saturated heterocycles. The first-order valence-corrected chi connectivity index (χ1v) is 7.81. The Labute approximate surface area is 104 Å². The average Bonchev–Trinajstić information content (AvgIpc) is 2.26. The maximum atomic E-state index is 11.8. The maximum absolute atomic E-state index is 11.8. The van der Waals surface area contributed by atoms with Gasteiger partial charge >= 0.3 is 0 Å². The Morgan fingerprint density at radius 3 is 2.65 bits per heavy atom. The van der Waals surface area contributed by atoms with E-state index in [0.29, 0.717) is 25.3 Å². The first-order valence-electron chi connectivity index (χ1n) is 5.99. The zero-order valence-electron chi connectivity index (χ0n) is 11.0. The summed E-state index contributed by atoms with van der Waals surface area (Å²) in [6.45, 7) is 2.98. The topological polar surface area (TPSA) is 72.6 Å². The van der Waals surface area contributed by atoms with Gasteiger partial charge in [-0.15, -0.1) is 0 Å². The van der Waals surface area contributed by atoms with E-state index in [1.54, 1.807) is 7.11 Å². The van der Waals surface area contributed by atoms with E-state index in [1.807, 2.05) is 14.0 Å². The van der Waals surface area contributed by atoms with Crippen molar-refractivity contribution in [3.63, 3.8) is 0 Å². The van der Waals surface area contributed by atoms with Crippen molar-refractivity contribution >= 4 is 9.84 Å². The molecule has 0 saturated carbocycles. The molecule has 17 heavy (non-hydrogen) atoms. The zero-order chi connectivity index (χ0) is 13.1. The molecule has 2 N–H and O–H groups in total. The van der Waals surface area contributed by atoms with Gasteiger partial charge in [-0.2, -0.15) is 0 Å². The summed E-state index contributed by atoms with van der Waals surface area (Å²) < 4.78 is 28.7. The number of sulfone groups is 1. The van der Waals surface area contributed by atoms with Crippen LogP contribution in [0.2, 0.25) is 0 Å². The Kier molecular flexibility index (Phi) is 4.95. The molecule has 102 valence electrons. The van der Waals surface area contributed by atoms with Crippen LogP contribution in [0.25, 0.3) is 0 Å². The summed E-state index contributed by atoms with van der Waals surface area (Å²) in [5, 5.41) is 0. The first kappa shape index (κ1) is 14.9. The van der Waals surface area contributed by atoms with Crippen LogP contribution in [0.5, 0.6) is 0 Å². The van der Waals surface area contributed by atoms with Crippen molar-refractivity contribution < 1.29 is 13.2 Å². The molecule has 1 rings (SSSR count). The molecule has 2 unspecified atom stereocenters. The number of likely N-dealkylation sites (N-methyl/N-ethyl adjacent to an activating group) is 1. The van der Waals surface area contributed by atoms with Gasteiger partial charge in [0, 0.05) is 25.2 Å². The minimum Gasteiger partial charge on any atom is -0.383 e. The van der Waals surface area contributed by atoms with Crippen LogP contribution in [-0.4, -0.2) is 63.7 Å². The van der Waals surface area contributed by atoms with Crippen molar-refractivity contribution in [2.75, 3.05) is 38.8 Å². The van der Waals surface area contributed by atoms with Gasteiger partial charge in [-0.3, -0.25) is 4.90 Å². The third-order valence-electron chi connectivity index (χ3n) is 3.78. The smallest absolute Gasteiger partial charge is 0.152 e. The fourth-order valence-electron chi connectivity index (χ4n) is 2.58. The molecule has 0 bridgehead atoms. The van der Waals surface area contributed by atoms with Crippen LogP contribution in [-0.2, 0) is 14.6 Å². The number of nitrogens with zero attached hydrogens (tertiary/aromatic N) is 1. The quantitative estimate of drug-likeness (QED) is 0.748. The summed E-state index contributed by atoms with van der Waals surface area (Å²) in [7, 11) is 0.633. The molecule has 1 aliphatic heterocycles. The number of nitrogens with two attached hydrogens (primary N) is 1. The maximum Gasteiger partial charge on any atom is 0.152 e. The highest BCUT2D eigenvalue weighted by Gasteiger charge is 2.42. The lowest BCUT2D eigenvalue weighted by atomic mass is 9.92. The van der Waals surface area contributed by atoms with Crippen molar-refractivity contribution in [3.8, 4) is 0 Å². The molecule has 1 fully saturated rings. The van der Waals surface area contributed by atoms with E-state index < -0.39 is 15.4 Å². The SMILES string of the molecule is COCC(C)N(C)C1(CN)CCCS(=O)(=O)C1. The fraction of sp³-hybridized carbons (Fsp3) is 1.00. The second kappa shape index (κ2) is 5.65. The summed E-state index contributed by atoms with van der Waals surface area (Å²) in [6, 6.07) is 0.164. The molecule has 2 atom stereocenters. The highest BCUT2D eigenvalue weighted by Crippen LogP contribution is 2.28. The van der Waals surface area contributed by atoms with Gasteiger partial charge in [0.05, 0.1) is 18.1 Å². The van der Waals surface area contributed by atoms with E-state index in [9.17, 15) is 8.42 Å². The lowest BCUT2D eigenvalue weighted by Gasteiger charge is -2.46. The average molecular weight is 264 g/mol. The van der Waals surface area contributed by atoms with Gasteiger partial charge in [0.1, 0.15) is 0 Å². The minimum absolute atomic E-state index is 0.164. The van der Waals surface area contributed by atoms with Gasteiger partial charge in [0.25, 0.3) is 0 Å². The molecule has 0 aromatic heterocycles. The van der Waals surface area contributed by atoms with Crippen LogP contribution in [0.4, 0.5) is 0 Å². The van der Waals surface area contributed by atoms with Gasteiger partial charge in [-0.05, 0) is 26.8 Å². The number of rotatable bonds is 5. The monoisotopic (exact) mass is 264 g/mol. The van der Waals surface area contributed by atoms with Crippen molar-refractivity contribution in [1.29, 1.82) is 0 Å². The largest absolute Gasteiger partial charge is 0.383 e. The van der Waals surface area contributed by atoms with E-state index in [2.05, 4.69) is 4.90 Å². The van der Waals surface area contributed by atoms with E-state index in [-0.39, 0.29) is 11.8 Å². The third-order valence-corrected chi connectivity index (χ3v) is 5.67. The molecule has 0 aliphatic carbocycles. The summed E-state index contributed by atoms with van der Waals surface area (Å²) in [6.07, 6.45) is 1.54. The Morgan fingerprint density at radius 1 is 1.53 bits per heavy atom. The van der Waals surface area contributed by atoms with Crippen molar-refractivity contribution in [3.05, 3.63) is 0 Å². The highest BCUT2D eigenvalue weighted by atomic mass is 32.2. The normalized spacial score (nSPS) is 30.4. The number of ether oxygens (including phenoxy) is 1. The molecule has 5 nitrogen and oxygen atoms in total. The predicted octanol–water partition coefficient (Wildman–Crippen LogP) is -0.141. The summed E-state index contributed by atoms with van der Waals surface area (Å²) in [5.41, 5.74) is 5.43. The minimum atomic E-state index is -2.96. The molecule has 1 heterocycles. The molecular weight excluding hydrogens is 240 g/mol. The number of methoxy groups -OCH3 is 1. The fourth-order valence-corrected chi connectivity index (χ4v) is 4.59. The molecule has 0 spiro atoms. The summed E-state index contributed by atoms with van der Waals surface area (Å²) in [5.74, 6) is 0.461. The van der Waals surface area contributed by atoms with Gasteiger partial charge in [0.2, 0.25) is 0 Å². The van der Waals surface area contributed by atoms with Crippen molar-refractivity contribution in [2.45, 2.75) is 31.3 Å². The second-order valence-electron chi connectivity index (χ2n) is 5.04. The standard InChI is InChI=1S/C11H24N2O3S/c1-10(7-16-3)13(2)11(8-12)5-4-6-17(14,15)9-11/h10H,4-9,12H2,1-3H3. The van der Waals surface area contributed by atoms with E-state index in [1.165, 1.54) is 0 Å². The van der Waals surface area contributed by atoms with Crippen LogP contribution in [0, 0.1) is 0 Å². The zero-order valence-corrected chi connectivity index (χ0v) is 11.8. The van der Waals surface area contributed by atoms with Crippen LogP contribution in [0.3, 0.4) is 0 Å². The van der Waals surface area contributed by atoms with E-state index in [0.717, 1.165) is 6.42 Å². The Bertz CT molecular complexity index is 345. The summed E-state index contributed by atoms with van der Waals surface area (Å²) in [4.78, 5) is 2.08. The summed E-state index contributed by atoms with van der Waals surface area (Å²) >= 11 is 0. The van der Waals surface area contributed by atoms with Gasteiger partial charge in [-0.1, -0.05) is 0 Å². The molecule has 0 amide bonds. The highest BCUT2D eigenvalue weighted by molar-refractivity contribution is 7.91. The molecule has 0 radical (unpaired) electrons. The van der Waals surface area contributed by atoms with Gasteiger partial charge in [0.15, 0.2) is 9.84 Å². The molecule has 6 heteroatoms. The van der Waals surface area contributed by atoms with Crippen LogP contribution in [0.15, 0.2) is 0 Å². The number of hydrogen-bond acceptors (Lipinski definition) is 5. The van der Waals surface area contributed by atoms with Crippen LogP contribution in [0.1, 0.15) is 19.8 Å². The third kappa shape index (κ3) is 3.40. The Balaban J connectivity index is 2.87. The number of hydrogen-bond donors (Lipinski definition) is 1. The lowest BCUT2D eigenvalue weighted by Crippen LogP contribution is -2.61. The second-order valence-corrected chi connectivity index (χ2v) is 7.22. The van der Waals surface area contributed by atoms with Crippen LogP contribution >= 0.6 is 0 Å². The first-order chi connectivity index (χ1) is 7.87. The van der Waals surface area contributed by atoms with E-state index in [4.69, 9.17) is 10.5 Å². The van der Waals surface area contributed by atoms with Crippen molar-refractivity contribution in [2.24, 2.45) is 5.73 Å². The lowest BCUT2D eigenvalue weighted by molar-refractivity contribution is 0.0423. The van der Waals surface area contributed by atoms with Crippen LogP contribution < -0.4 is 5.73 Å². The molecular formula is C11H24N2O3S. The Hall–Kier alpha value is -0.170. The van der Waals surface area contributed by atoms with E-state index >= 15 is 0 Å². The molecule has 1 aliphatic rings. The van der Waals surface area contributed by atoms with Gasteiger partial charge in [-0.25, -0.2) is 8.42 Å². The van der Waals surface area contributed by atoms with Gasteiger partial charge < -0.3 is 10.5 Å².